The van der Waals surface area contributed by atoms with Gasteiger partial charge in [0.2, 0.25) is 5.91 Å². The average Bonchev–Trinajstić information content (AvgIpc) is 2.99. The molecule has 2 aliphatic rings. The van der Waals surface area contributed by atoms with Crippen LogP contribution in [0, 0.1) is 5.92 Å². The van der Waals surface area contributed by atoms with E-state index in [1.165, 1.54) is 0 Å². The van der Waals surface area contributed by atoms with E-state index in [0.717, 1.165) is 50.2 Å². The van der Waals surface area contributed by atoms with Crippen LogP contribution in [0.15, 0.2) is 0 Å². The fourth-order valence-electron chi connectivity index (χ4n) is 3.42. The van der Waals surface area contributed by atoms with Crippen molar-refractivity contribution in [2.24, 2.45) is 5.92 Å². The van der Waals surface area contributed by atoms with Crippen LogP contribution in [0.5, 0.6) is 0 Å². The van der Waals surface area contributed by atoms with Crippen molar-refractivity contribution in [3.05, 3.63) is 17.0 Å². The molecule has 3 heterocycles. The second kappa shape index (κ2) is 7.34. The van der Waals surface area contributed by atoms with E-state index in [1.54, 1.807) is 0 Å². The number of fused-ring (bicyclic) bond motifs is 1. The Morgan fingerprint density at radius 1 is 1.33 bits per heavy atom. The predicted octanol–water partition coefficient (Wildman–Crippen LogP) is 0.822. The average molecular weight is 333 g/mol. The molecule has 0 aromatic carbocycles. The number of likely N-dealkylation sites (tertiary alicyclic amines) is 1. The summed E-state index contributed by atoms with van der Waals surface area (Å²) in [5.41, 5.74) is 2.56. The van der Waals surface area contributed by atoms with Gasteiger partial charge in [-0.25, -0.2) is 0 Å². The van der Waals surface area contributed by atoms with Gasteiger partial charge >= 0.3 is 0 Å². The predicted molar refractivity (Wildman–Crippen MR) is 90.5 cm³/mol. The number of piperidine rings is 1. The molecule has 0 saturated carbocycles. The third-order valence-corrected chi connectivity index (χ3v) is 4.79. The molecule has 7 nitrogen and oxygen atoms in total. The number of nitrogens with zero attached hydrogens (tertiary/aromatic N) is 2. The number of hydrogen-bond acceptors (Lipinski definition) is 4. The molecule has 1 fully saturated rings. The normalized spacial score (nSPS) is 18.5. The van der Waals surface area contributed by atoms with Gasteiger partial charge in [0.25, 0.3) is 5.91 Å². The Kier molecular flexibility index (Phi) is 5.18. The van der Waals surface area contributed by atoms with Crippen LogP contribution in [-0.2, 0) is 17.8 Å². The van der Waals surface area contributed by atoms with Crippen LogP contribution in [0.3, 0.4) is 0 Å². The Morgan fingerprint density at radius 3 is 2.79 bits per heavy atom. The van der Waals surface area contributed by atoms with Crippen LogP contribution in [-0.4, -0.2) is 52.6 Å². The zero-order valence-electron chi connectivity index (χ0n) is 14.5. The van der Waals surface area contributed by atoms with Gasteiger partial charge in [-0.2, -0.15) is 5.10 Å². The number of aromatic nitrogens is 2. The van der Waals surface area contributed by atoms with Crippen LogP contribution in [0.4, 0.5) is 0 Å². The van der Waals surface area contributed by atoms with E-state index in [9.17, 15) is 9.59 Å². The summed E-state index contributed by atoms with van der Waals surface area (Å²) in [4.78, 5) is 26.5. The highest BCUT2D eigenvalue weighted by Gasteiger charge is 2.27. The zero-order valence-corrected chi connectivity index (χ0v) is 14.5. The molecule has 24 heavy (non-hydrogen) atoms. The molecule has 0 spiro atoms. The van der Waals surface area contributed by atoms with E-state index >= 15 is 0 Å². The molecule has 3 rings (SSSR count). The van der Waals surface area contributed by atoms with Crippen molar-refractivity contribution in [2.75, 3.05) is 19.6 Å². The lowest BCUT2D eigenvalue weighted by molar-refractivity contribution is -0.133. The number of hydrogen-bond donors (Lipinski definition) is 3. The Labute approximate surface area is 142 Å². The molecule has 1 aromatic rings. The van der Waals surface area contributed by atoms with Crippen molar-refractivity contribution in [1.29, 1.82) is 0 Å². The summed E-state index contributed by atoms with van der Waals surface area (Å²) in [5.74, 6) is 0.500. The van der Waals surface area contributed by atoms with Crippen molar-refractivity contribution >= 4 is 11.8 Å². The first-order chi connectivity index (χ1) is 11.5. The first-order valence-electron chi connectivity index (χ1n) is 8.90. The minimum absolute atomic E-state index is 0.108. The van der Waals surface area contributed by atoms with E-state index < -0.39 is 0 Å². The van der Waals surface area contributed by atoms with Gasteiger partial charge in [0, 0.05) is 56.3 Å². The number of H-pyrrole nitrogens is 1. The van der Waals surface area contributed by atoms with E-state index in [4.69, 9.17) is 0 Å². The summed E-state index contributed by atoms with van der Waals surface area (Å²) in [7, 11) is 0. The summed E-state index contributed by atoms with van der Waals surface area (Å²) in [6, 6.07) is 0.115. The minimum Gasteiger partial charge on any atom is -0.348 e. The lowest BCUT2D eigenvalue weighted by atomic mass is 10.0. The fourth-order valence-corrected chi connectivity index (χ4v) is 3.42. The third kappa shape index (κ3) is 3.77. The molecule has 0 unspecified atom stereocenters. The molecule has 0 atom stereocenters. The topological polar surface area (TPSA) is 90.1 Å². The van der Waals surface area contributed by atoms with Crippen LogP contribution in [0.1, 0.15) is 54.9 Å². The molecule has 2 amide bonds. The molecule has 1 aromatic heterocycles. The van der Waals surface area contributed by atoms with Crippen molar-refractivity contribution in [1.82, 2.24) is 25.7 Å². The summed E-state index contributed by atoms with van der Waals surface area (Å²) >= 11 is 0. The Morgan fingerprint density at radius 2 is 2.08 bits per heavy atom. The van der Waals surface area contributed by atoms with Gasteiger partial charge in [-0.1, -0.05) is 13.8 Å². The highest BCUT2D eigenvalue weighted by molar-refractivity contribution is 5.94. The van der Waals surface area contributed by atoms with Gasteiger partial charge in [-0.3, -0.25) is 14.7 Å². The lowest BCUT2D eigenvalue weighted by Gasteiger charge is -2.32. The van der Waals surface area contributed by atoms with Crippen LogP contribution in [0.2, 0.25) is 0 Å². The van der Waals surface area contributed by atoms with Crippen LogP contribution >= 0.6 is 0 Å². The molecule has 0 radical (unpaired) electrons. The maximum absolute atomic E-state index is 12.5. The number of aromatic amines is 1. The number of carbonyl (C=O) groups is 2. The second-order valence-corrected chi connectivity index (χ2v) is 7.18. The molecule has 7 heteroatoms. The SMILES string of the molecule is CC(C)CC(=O)N1CCC(NC(=O)c2n[nH]c3c2CNCC3)CC1. The zero-order chi connectivity index (χ0) is 17.1. The highest BCUT2D eigenvalue weighted by atomic mass is 16.2. The molecular formula is C17H27N5O2. The summed E-state index contributed by atoms with van der Waals surface area (Å²) in [5, 5.41) is 13.5. The minimum atomic E-state index is -0.108. The number of rotatable bonds is 4. The van der Waals surface area contributed by atoms with E-state index in [2.05, 4.69) is 34.7 Å². The first-order valence-corrected chi connectivity index (χ1v) is 8.90. The van der Waals surface area contributed by atoms with Gasteiger partial charge < -0.3 is 15.5 Å². The van der Waals surface area contributed by atoms with Crippen molar-refractivity contribution in [3.8, 4) is 0 Å². The molecule has 132 valence electrons. The Balaban J connectivity index is 1.52. The summed E-state index contributed by atoms with van der Waals surface area (Å²) in [6.45, 7) is 7.16. The van der Waals surface area contributed by atoms with Crippen molar-refractivity contribution in [3.63, 3.8) is 0 Å². The van der Waals surface area contributed by atoms with Gasteiger partial charge in [0.1, 0.15) is 0 Å². The highest BCUT2D eigenvalue weighted by Crippen LogP contribution is 2.17. The van der Waals surface area contributed by atoms with E-state index in [-0.39, 0.29) is 17.9 Å². The Bertz CT molecular complexity index is 602. The molecule has 0 bridgehead atoms. The van der Waals surface area contributed by atoms with Gasteiger partial charge in [-0.05, 0) is 18.8 Å². The maximum atomic E-state index is 12.5. The quantitative estimate of drug-likeness (QED) is 0.761. The second-order valence-electron chi connectivity index (χ2n) is 7.18. The maximum Gasteiger partial charge on any atom is 0.272 e. The molecule has 0 aliphatic carbocycles. The molecule has 1 saturated heterocycles. The summed E-state index contributed by atoms with van der Waals surface area (Å²) in [6.07, 6.45) is 3.09. The van der Waals surface area contributed by atoms with Gasteiger partial charge in [0.15, 0.2) is 5.69 Å². The van der Waals surface area contributed by atoms with Crippen LogP contribution in [0.25, 0.3) is 0 Å². The van der Waals surface area contributed by atoms with Crippen molar-refractivity contribution < 1.29 is 9.59 Å². The third-order valence-electron chi connectivity index (χ3n) is 4.79. The van der Waals surface area contributed by atoms with E-state index in [0.29, 0.717) is 24.6 Å². The number of carbonyl (C=O) groups excluding carboxylic acids is 2. The van der Waals surface area contributed by atoms with Gasteiger partial charge in [0.05, 0.1) is 0 Å². The molecular weight excluding hydrogens is 306 g/mol. The Hall–Kier alpha value is -1.89. The monoisotopic (exact) mass is 333 g/mol. The standard InChI is InChI=1S/C17H27N5O2/c1-11(2)9-15(23)22-7-4-12(5-8-22)19-17(24)16-13-10-18-6-3-14(13)20-21-16/h11-12,18H,3-10H2,1-2H3,(H,19,24)(H,20,21). The van der Waals surface area contributed by atoms with E-state index in [1.807, 2.05) is 4.90 Å². The number of nitrogens with one attached hydrogen (secondary N) is 3. The molecule has 2 aliphatic heterocycles. The van der Waals surface area contributed by atoms with Gasteiger partial charge in [-0.15, -0.1) is 0 Å². The molecule has 3 N–H and O–H groups in total. The first kappa shape index (κ1) is 17.0. The van der Waals surface area contributed by atoms with Crippen LogP contribution < -0.4 is 10.6 Å². The fraction of sp³-hybridized carbons (Fsp3) is 0.706. The number of amides is 2. The summed E-state index contributed by atoms with van der Waals surface area (Å²) < 4.78 is 0. The van der Waals surface area contributed by atoms with Crippen molar-refractivity contribution in [2.45, 2.75) is 52.1 Å². The lowest BCUT2D eigenvalue weighted by Crippen LogP contribution is -2.47. The largest absolute Gasteiger partial charge is 0.348 e. The smallest absolute Gasteiger partial charge is 0.272 e.